The van der Waals surface area contributed by atoms with Crippen LogP contribution in [0.15, 0.2) is 30.6 Å². The zero-order valence-corrected chi connectivity index (χ0v) is 18.2. The first-order valence-corrected chi connectivity index (χ1v) is 11.7. The van der Waals surface area contributed by atoms with Gasteiger partial charge in [0.2, 0.25) is 0 Å². The van der Waals surface area contributed by atoms with Crippen molar-refractivity contribution in [1.29, 1.82) is 5.26 Å². The normalized spacial score (nSPS) is 18.8. The smallest absolute Gasteiger partial charge is 0.159 e. The third-order valence-electron chi connectivity index (χ3n) is 6.55. The molecule has 1 aliphatic rings. The lowest BCUT2D eigenvalue weighted by Crippen LogP contribution is -2.14. The maximum Gasteiger partial charge on any atom is 0.159 e. The molecule has 0 atom stereocenters. The van der Waals surface area contributed by atoms with Crippen LogP contribution in [0.4, 0.5) is 4.39 Å². The fraction of sp³-hybridized carbons (Fsp3) is 0.577. The summed E-state index contributed by atoms with van der Waals surface area (Å²) in [6.07, 6.45) is 20.0. The minimum Gasteiger partial charge on any atom is -0.236 e. The van der Waals surface area contributed by atoms with Crippen LogP contribution >= 0.6 is 0 Å². The van der Waals surface area contributed by atoms with Crippen LogP contribution in [0, 0.1) is 23.1 Å². The standard InChI is InChI=1S/C26H34FN3/c1-2-3-4-5-6-7-8-9-20-10-12-21(13-11-20)24-18-29-26(30-19-24)22-14-15-23(17-28)25(27)16-22/h14-16,18-21H,2-13H2,1H3/t20-,21-. The predicted octanol–water partition coefficient (Wildman–Crippen LogP) is 7.57. The highest BCUT2D eigenvalue weighted by Gasteiger charge is 2.22. The van der Waals surface area contributed by atoms with Crippen LogP contribution in [0.2, 0.25) is 0 Å². The van der Waals surface area contributed by atoms with Crippen LogP contribution in [0.5, 0.6) is 0 Å². The Labute approximate surface area is 180 Å². The highest BCUT2D eigenvalue weighted by molar-refractivity contribution is 5.56. The Bertz CT molecular complexity index is 817. The summed E-state index contributed by atoms with van der Waals surface area (Å²) >= 11 is 0. The van der Waals surface area contributed by atoms with Gasteiger partial charge in [-0.15, -0.1) is 0 Å². The summed E-state index contributed by atoms with van der Waals surface area (Å²) in [5, 5.41) is 8.86. The van der Waals surface area contributed by atoms with Gasteiger partial charge < -0.3 is 0 Å². The zero-order chi connectivity index (χ0) is 21.2. The molecular weight excluding hydrogens is 373 g/mol. The van der Waals surface area contributed by atoms with E-state index in [0.717, 1.165) is 5.92 Å². The maximum atomic E-state index is 13.8. The van der Waals surface area contributed by atoms with Gasteiger partial charge in [-0.25, -0.2) is 14.4 Å². The SMILES string of the molecule is CCCCCCCCC[C@H]1CC[C@H](c2cnc(-c3ccc(C#N)c(F)c3)nc2)CC1. The van der Waals surface area contributed by atoms with Crippen molar-refractivity contribution in [3.63, 3.8) is 0 Å². The molecule has 1 saturated carbocycles. The third kappa shape index (κ3) is 6.36. The van der Waals surface area contributed by atoms with E-state index < -0.39 is 5.82 Å². The van der Waals surface area contributed by atoms with Gasteiger partial charge >= 0.3 is 0 Å². The average molecular weight is 408 g/mol. The molecule has 1 aromatic heterocycles. The molecule has 4 heteroatoms. The van der Waals surface area contributed by atoms with Crippen molar-refractivity contribution < 1.29 is 4.39 Å². The number of aromatic nitrogens is 2. The molecule has 0 unspecified atom stereocenters. The molecule has 1 aromatic carbocycles. The molecule has 0 amide bonds. The molecule has 0 N–H and O–H groups in total. The van der Waals surface area contributed by atoms with Gasteiger partial charge in [-0.05, 0) is 61.3 Å². The number of rotatable bonds is 10. The van der Waals surface area contributed by atoms with E-state index >= 15 is 0 Å². The van der Waals surface area contributed by atoms with Crippen molar-refractivity contribution in [2.24, 2.45) is 5.92 Å². The van der Waals surface area contributed by atoms with Crippen LogP contribution in [0.3, 0.4) is 0 Å². The lowest BCUT2D eigenvalue weighted by Gasteiger charge is -2.28. The second-order valence-corrected chi connectivity index (χ2v) is 8.77. The van der Waals surface area contributed by atoms with Gasteiger partial charge in [0.15, 0.2) is 5.82 Å². The number of nitrogens with zero attached hydrogens (tertiary/aromatic N) is 3. The summed E-state index contributed by atoms with van der Waals surface area (Å²) < 4.78 is 13.8. The summed E-state index contributed by atoms with van der Waals surface area (Å²) in [6.45, 7) is 2.27. The number of hydrogen-bond donors (Lipinski definition) is 0. The van der Waals surface area contributed by atoms with Crippen molar-refractivity contribution in [1.82, 2.24) is 9.97 Å². The molecule has 1 heterocycles. The van der Waals surface area contributed by atoms with Crippen molar-refractivity contribution in [3.8, 4) is 17.5 Å². The zero-order valence-electron chi connectivity index (χ0n) is 18.2. The Kier molecular flexibility index (Phi) is 8.81. The van der Waals surface area contributed by atoms with Crippen molar-refractivity contribution in [3.05, 3.63) is 47.5 Å². The topological polar surface area (TPSA) is 49.6 Å². The van der Waals surface area contributed by atoms with E-state index in [1.807, 2.05) is 18.5 Å². The molecule has 1 aliphatic carbocycles. The third-order valence-corrected chi connectivity index (χ3v) is 6.55. The Hall–Kier alpha value is -2.28. The Morgan fingerprint density at radius 2 is 1.63 bits per heavy atom. The van der Waals surface area contributed by atoms with E-state index in [-0.39, 0.29) is 5.56 Å². The van der Waals surface area contributed by atoms with E-state index in [0.29, 0.717) is 17.3 Å². The van der Waals surface area contributed by atoms with Crippen molar-refractivity contribution in [2.45, 2.75) is 89.9 Å². The fourth-order valence-corrected chi connectivity index (χ4v) is 4.62. The van der Waals surface area contributed by atoms with E-state index in [9.17, 15) is 4.39 Å². The van der Waals surface area contributed by atoms with Crippen LogP contribution in [0.25, 0.3) is 11.4 Å². The average Bonchev–Trinajstić information content (AvgIpc) is 2.79. The highest BCUT2D eigenvalue weighted by atomic mass is 19.1. The molecule has 2 aromatic rings. The molecular formula is C26H34FN3. The van der Waals surface area contributed by atoms with Gasteiger partial charge in [0.25, 0.3) is 0 Å². The molecule has 0 spiro atoms. The largest absolute Gasteiger partial charge is 0.236 e. The Morgan fingerprint density at radius 1 is 0.967 bits per heavy atom. The monoisotopic (exact) mass is 407 g/mol. The van der Waals surface area contributed by atoms with Gasteiger partial charge in [0.05, 0.1) is 5.56 Å². The number of halogens is 1. The van der Waals surface area contributed by atoms with Gasteiger partial charge in [-0.3, -0.25) is 0 Å². The summed E-state index contributed by atoms with van der Waals surface area (Å²) in [5.41, 5.74) is 1.85. The first-order chi connectivity index (χ1) is 14.7. The van der Waals surface area contributed by atoms with Crippen LogP contribution in [-0.4, -0.2) is 9.97 Å². The quantitative estimate of drug-likeness (QED) is 0.382. The lowest BCUT2D eigenvalue weighted by atomic mass is 9.77. The van der Waals surface area contributed by atoms with Gasteiger partial charge in [0.1, 0.15) is 11.9 Å². The Morgan fingerprint density at radius 3 is 2.27 bits per heavy atom. The minimum atomic E-state index is -0.526. The minimum absolute atomic E-state index is 0.0450. The van der Waals surface area contributed by atoms with E-state index in [1.165, 1.54) is 94.7 Å². The number of hydrogen-bond acceptors (Lipinski definition) is 3. The molecule has 3 rings (SSSR count). The van der Waals surface area contributed by atoms with Gasteiger partial charge in [0, 0.05) is 18.0 Å². The highest BCUT2D eigenvalue weighted by Crippen LogP contribution is 2.37. The van der Waals surface area contributed by atoms with Gasteiger partial charge in [-0.1, -0.05) is 58.3 Å². The molecule has 0 bridgehead atoms. The number of unbranched alkanes of at least 4 members (excludes halogenated alkanes) is 6. The molecule has 0 radical (unpaired) electrons. The molecule has 3 nitrogen and oxygen atoms in total. The lowest BCUT2D eigenvalue weighted by molar-refractivity contribution is 0.301. The molecule has 160 valence electrons. The summed E-state index contributed by atoms with van der Waals surface area (Å²) in [5.74, 6) is 1.41. The van der Waals surface area contributed by atoms with Crippen molar-refractivity contribution >= 4 is 0 Å². The molecule has 0 saturated heterocycles. The van der Waals surface area contributed by atoms with Gasteiger partial charge in [-0.2, -0.15) is 5.26 Å². The Balaban J connectivity index is 1.43. The molecule has 0 aliphatic heterocycles. The summed E-state index contributed by atoms with van der Waals surface area (Å²) in [7, 11) is 0. The maximum absolute atomic E-state index is 13.8. The predicted molar refractivity (Wildman–Crippen MR) is 119 cm³/mol. The first kappa shape index (κ1) is 22.4. The second-order valence-electron chi connectivity index (χ2n) is 8.77. The molecule has 30 heavy (non-hydrogen) atoms. The molecule has 1 fully saturated rings. The van der Waals surface area contributed by atoms with Crippen LogP contribution in [0.1, 0.15) is 101 Å². The number of nitriles is 1. The van der Waals surface area contributed by atoms with Crippen LogP contribution in [-0.2, 0) is 0 Å². The van der Waals surface area contributed by atoms with Crippen LogP contribution < -0.4 is 0 Å². The van der Waals surface area contributed by atoms with E-state index in [2.05, 4.69) is 16.9 Å². The summed E-state index contributed by atoms with van der Waals surface area (Å²) in [6, 6.07) is 6.36. The first-order valence-electron chi connectivity index (χ1n) is 11.7. The number of benzene rings is 1. The van der Waals surface area contributed by atoms with E-state index in [4.69, 9.17) is 5.26 Å². The summed E-state index contributed by atoms with van der Waals surface area (Å²) in [4.78, 5) is 8.94. The second kappa shape index (κ2) is 11.8. The van der Waals surface area contributed by atoms with Crippen molar-refractivity contribution in [2.75, 3.05) is 0 Å². The fourth-order valence-electron chi connectivity index (χ4n) is 4.62. The van der Waals surface area contributed by atoms with E-state index in [1.54, 1.807) is 6.07 Å².